The number of nitrogens with one attached hydrogen (secondary N) is 3. The Balaban J connectivity index is 1.52. The van der Waals surface area contributed by atoms with Gasteiger partial charge in [0.1, 0.15) is 19.0 Å². The Kier molecular flexibility index (Phi) is 13.1. The van der Waals surface area contributed by atoms with Crippen LogP contribution in [0.15, 0.2) is 40.9 Å². The number of anilines is 2. The number of halogens is 6. The Morgan fingerprint density at radius 1 is 0.957 bits per heavy atom. The lowest BCUT2D eigenvalue weighted by Crippen LogP contribution is -2.53. The highest BCUT2D eigenvalue weighted by Gasteiger charge is 2.37. The first-order chi connectivity index (χ1) is 22.1. The number of benzene rings is 1. The van der Waals surface area contributed by atoms with Crippen LogP contribution in [-0.4, -0.2) is 96.0 Å². The van der Waals surface area contributed by atoms with E-state index in [9.17, 15) is 35.9 Å². The number of amidine groups is 1. The van der Waals surface area contributed by atoms with E-state index in [-0.39, 0.29) is 63.0 Å². The molecule has 0 radical (unpaired) electrons. The van der Waals surface area contributed by atoms with Crippen LogP contribution in [0.4, 0.5) is 47.4 Å². The normalized spacial score (nSPS) is 14.2. The highest BCUT2D eigenvalue weighted by Crippen LogP contribution is 2.37. The Labute approximate surface area is 272 Å². The average molecular weight is 693 g/mol. The second-order valence-corrected chi connectivity index (χ2v) is 10.3. The van der Waals surface area contributed by atoms with Crippen LogP contribution in [0.3, 0.4) is 0 Å². The molecule has 1 aliphatic rings. The molecule has 3 amide bonds. The van der Waals surface area contributed by atoms with Gasteiger partial charge in [0, 0.05) is 44.6 Å². The van der Waals surface area contributed by atoms with Crippen molar-refractivity contribution >= 4 is 48.2 Å². The highest BCUT2D eigenvalue weighted by atomic mass is 32.1. The van der Waals surface area contributed by atoms with Crippen LogP contribution in [0.25, 0.3) is 0 Å². The molecule has 1 aromatic heterocycles. The van der Waals surface area contributed by atoms with Crippen LogP contribution in [0.2, 0.25) is 0 Å². The average Bonchev–Trinajstić information content (AvgIpc) is 3.02. The molecule has 0 atom stereocenters. The van der Waals surface area contributed by atoms with Gasteiger partial charge in [0.05, 0.1) is 11.1 Å². The molecule has 47 heavy (non-hydrogen) atoms. The molecule has 3 N–H and O–H groups in total. The standard InChI is InChI=1S/C28H34F6N8O4S/c1-3-40(4-2)11-12-45-26(44)38-22-13-18(5-6-36-22)17-46-23(35)24(39-47)41-7-9-42(10-8-41)25(43)37-21-15-19(27(29,30)31)14-20(16-21)28(32,33)34/h5-6,13-16,35,47H,3-4,7-12,17H2,1-2H3,(H,37,43)(H,36,38,44)/b35-23?,39-24+. The van der Waals surface area contributed by atoms with Crippen LogP contribution < -0.4 is 10.6 Å². The van der Waals surface area contributed by atoms with Gasteiger partial charge in [0.15, 0.2) is 5.84 Å². The number of amides is 3. The summed E-state index contributed by atoms with van der Waals surface area (Å²) in [5.41, 5.74) is -3.20. The second-order valence-electron chi connectivity index (χ2n) is 10.1. The number of carbonyl (C=O) groups excluding carboxylic acids is 2. The van der Waals surface area contributed by atoms with Crippen molar-refractivity contribution < 1.29 is 45.4 Å². The summed E-state index contributed by atoms with van der Waals surface area (Å²) in [7, 11) is 0. The minimum Gasteiger partial charge on any atom is -0.471 e. The molecule has 0 unspecified atom stereocenters. The van der Waals surface area contributed by atoms with Crippen LogP contribution in [0, 0.1) is 5.41 Å². The van der Waals surface area contributed by atoms with Crippen molar-refractivity contribution in [3.63, 3.8) is 0 Å². The maximum absolute atomic E-state index is 13.2. The minimum atomic E-state index is -5.06. The Morgan fingerprint density at radius 3 is 2.11 bits per heavy atom. The third-order valence-electron chi connectivity index (χ3n) is 6.98. The number of piperazine rings is 1. The molecule has 258 valence electrons. The number of aromatic nitrogens is 1. The summed E-state index contributed by atoms with van der Waals surface area (Å²) in [4.78, 5) is 33.8. The van der Waals surface area contributed by atoms with E-state index in [2.05, 4.69) is 37.7 Å². The largest absolute Gasteiger partial charge is 0.471 e. The lowest BCUT2D eigenvalue weighted by Gasteiger charge is -2.36. The number of hydrogen-bond donors (Lipinski definition) is 4. The van der Waals surface area contributed by atoms with Gasteiger partial charge in [-0.15, -0.1) is 0 Å². The summed E-state index contributed by atoms with van der Waals surface area (Å²) in [5.74, 6) is -0.114. The summed E-state index contributed by atoms with van der Waals surface area (Å²) in [6.45, 7) is 6.58. The molecule has 0 spiro atoms. The smallest absolute Gasteiger partial charge is 0.416 e. The number of ether oxygens (including phenoxy) is 2. The van der Waals surface area contributed by atoms with Crippen LogP contribution >= 0.6 is 12.8 Å². The van der Waals surface area contributed by atoms with Gasteiger partial charge >= 0.3 is 24.5 Å². The van der Waals surface area contributed by atoms with Crippen molar-refractivity contribution in [3.8, 4) is 0 Å². The first-order valence-electron chi connectivity index (χ1n) is 14.3. The van der Waals surface area contributed by atoms with Crippen LogP contribution in [-0.2, 0) is 28.4 Å². The number of alkyl halides is 6. The zero-order valence-corrected chi connectivity index (χ0v) is 26.3. The summed E-state index contributed by atoms with van der Waals surface area (Å²) in [6.07, 6.45) is -9.35. The van der Waals surface area contributed by atoms with E-state index < -0.39 is 41.3 Å². The molecule has 2 heterocycles. The number of nitrogens with zero attached hydrogens (tertiary/aromatic N) is 5. The van der Waals surface area contributed by atoms with Gasteiger partial charge in [-0.05, 0) is 61.8 Å². The highest BCUT2D eigenvalue weighted by molar-refractivity contribution is 7.79. The van der Waals surface area contributed by atoms with Gasteiger partial charge in [-0.3, -0.25) is 10.7 Å². The maximum Gasteiger partial charge on any atom is 0.416 e. The topological polar surface area (TPSA) is 135 Å². The molecule has 3 rings (SSSR count). The quantitative estimate of drug-likeness (QED) is 0.116. The van der Waals surface area contributed by atoms with Crippen molar-refractivity contribution in [1.82, 2.24) is 19.7 Å². The first-order valence-corrected chi connectivity index (χ1v) is 14.7. The number of carbonyl (C=O) groups is 2. The van der Waals surface area contributed by atoms with E-state index in [1.54, 1.807) is 11.0 Å². The fourth-order valence-corrected chi connectivity index (χ4v) is 4.62. The number of urea groups is 1. The molecule has 0 bridgehead atoms. The van der Waals surface area contributed by atoms with E-state index in [1.165, 1.54) is 17.2 Å². The SMILES string of the molecule is CCN(CC)CCOC(=O)Nc1cc(COC(=N)/C(=N\S)N2CCN(C(=O)Nc3cc(C(F)(F)F)cc(C(F)(F)F)c3)CC2)ccn1. The van der Waals surface area contributed by atoms with Crippen molar-refractivity contribution in [2.45, 2.75) is 32.8 Å². The lowest BCUT2D eigenvalue weighted by atomic mass is 10.1. The zero-order valence-electron chi connectivity index (χ0n) is 25.4. The first kappa shape index (κ1) is 37.2. The van der Waals surface area contributed by atoms with Gasteiger partial charge < -0.3 is 29.5 Å². The Hall–Kier alpha value is -4.26. The molecule has 0 saturated carbocycles. The van der Waals surface area contributed by atoms with Gasteiger partial charge in [0.2, 0.25) is 0 Å². The van der Waals surface area contributed by atoms with Crippen LogP contribution in [0.1, 0.15) is 30.5 Å². The fraction of sp³-hybridized carbons (Fsp3) is 0.464. The fourth-order valence-electron chi connectivity index (χ4n) is 4.40. The lowest BCUT2D eigenvalue weighted by molar-refractivity contribution is -0.143. The van der Waals surface area contributed by atoms with Crippen LogP contribution in [0.5, 0.6) is 0 Å². The second kappa shape index (κ2) is 16.5. The molecular weight excluding hydrogens is 658 g/mol. The molecule has 1 aromatic carbocycles. The number of rotatable bonds is 9. The summed E-state index contributed by atoms with van der Waals surface area (Å²) in [6, 6.07) is 3.07. The van der Waals surface area contributed by atoms with Gasteiger partial charge in [-0.1, -0.05) is 13.8 Å². The van der Waals surface area contributed by atoms with Crippen molar-refractivity contribution in [1.29, 1.82) is 5.41 Å². The molecule has 1 saturated heterocycles. The Morgan fingerprint density at radius 2 is 1.55 bits per heavy atom. The van der Waals surface area contributed by atoms with E-state index in [4.69, 9.17) is 14.9 Å². The van der Waals surface area contributed by atoms with E-state index in [0.717, 1.165) is 13.1 Å². The summed E-state index contributed by atoms with van der Waals surface area (Å²) >= 11 is 3.92. The predicted octanol–water partition coefficient (Wildman–Crippen LogP) is 5.60. The molecule has 1 aliphatic heterocycles. The number of thiol groups is 1. The van der Waals surface area contributed by atoms with E-state index >= 15 is 0 Å². The van der Waals surface area contributed by atoms with Crippen molar-refractivity contribution in [2.24, 2.45) is 4.40 Å². The zero-order chi connectivity index (χ0) is 34.8. The summed E-state index contributed by atoms with van der Waals surface area (Å²) in [5, 5.41) is 13.0. The predicted molar refractivity (Wildman–Crippen MR) is 165 cm³/mol. The third kappa shape index (κ3) is 11.2. The number of likely N-dealkylation sites (N-methyl/N-ethyl adjacent to an activating group) is 1. The van der Waals surface area contributed by atoms with E-state index in [0.29, 0.717) is 24.2 Å². The van der Waals surface area contributed by atoms with Gasteiger partial charge in [-0.25, -0.2) is 14.6 Å². The van der Waals surface area contributed by atoms with E-state index in [1.807, 2.05) is 13.8 Å². The van der Waals surface area contributed by atoms with Gasteiger partial charge in [-0.2, -0.15) is 30.7 Å². The Bertz CT molecular complexity index is 1400. The third-order valence-corrected chi connectivity index (χ3v) is 7.17. The number of pyridine rings is 1. The van der Waals surface area contributed by atoms with Crippen molar-refractivity contribution in [3.05, 3.63) is 53.2 Å². The molecular formula is C28H34F6N8O4S. The molecule has 19 heteroatoms. The summed E-state index contributed by atoms with van der Waals surface area (Å²) < 4.78 is 93.6. The minimum absolute atomic E-state index is 0.00139. The molecule has 0 aliphatic carbocycles. The van der Waals surface area contributed by atoms with Crippen molar-refractivity contribution in [2.75, 3.05) is 63.1 Å². The molecule has 2 aromatic rings. The molecule has 12 nitrogen and oxygen atoms in total. The maximum atomic E-state index is 13.2. The monoisotopic (exact) mass is 692 g/mol. The molecule has 1 fully saturated rings. The number of hydrogen-bond acceptors (Lipinski definition) is 9. The van der Waals surface area contributed by atoms with Gasteiger partial charge in [0.25, 0.3) is 5.90 Å².